The molecule has 0 bridgehead atoms. The molecule has 2 aromatic heterocycles. The van der Waals surface area contributed by atoms with Crippen molar-refractivity contribution >= 4 is 11.7 Å². The Labute approximate surface area is 206 Å². The van der Waals surface area contributed by atoms with Gasteiger partial charge in [0.25, 0.3) is 0 Å². The van der Waals surface area contributed by atoms with E-state index in [0.29, 0.717) is 6.42 Å². The molecule has 2 heterocycles. The minimum Gasteiger partial charge on any atom is -0.300 e. The number of hydrogen-bond donors (Lipinski definition) is 0. The fraction of sp³-hybridized carbons (Fsp3) is 0.538. The Morgan fingerprint density at radius 1 is 0.943 bits per heavy atom. The summed E-state index contributed by atoms with van der Waals surface area (Å²) in [5.74, 6) is 0.0959. The maximum Gasteiger partial charge on any atom is 0.399 e. The third kappa shape index (κ3) is 11.4. The van der Waals surface area contributed by atoms with Gasteiger partial charge in [-0.3, -0.25) is 24.4 Å². The van der Waals surface area contributed by atoms with E-state index in [9.17, 15) is 22.8 Å². The van der Waals surface area contributed by atoms with Crippen molar-refractivity contribution in [2.45, 2.75) is 78.8 Å². The molecule has 1 amide bonds. The van der Waals surface area contributed by atoms with Crippen LogP contribution >= 0.6 is 0 Å². The summed E-state index contributed by atoms with van der Waals surface area (Å²) in [6, 6.07) is 7.06. The fourth-order valence-electron chi connectivity index (χ4n) is 2.43. The monoisotopic (exact) mass is 497 g/mol. The Morgan fingerprint density at radius 3 is 1.83 bits per heavy atom. The van der Waals surface area contributed by atoms with Gasteiger partial charge < -0.3 is 0 Å². The SMILES string of the molecule is CC(=O)Cc1ccnc(C(C)(C)C)c1.CON(C)C(C)=O.Cc1ccnc(C(C)(C)C(F)(F)F)c1. The summed E-state index contributed by atoms with van der Waals surface area (Å²) in [6.07, 6.45) is -0.587. The minimum absolute atomic E-state index is 0.0484. The van der Waals surface area contributed by atoms with Crippen LogP contribution in [0.5, 0.6) is 0 Å². The van der Waals surface area contributed by atoms with Crippen molar-refractivity contribution < 1.29 is 27.6 Å². The average Bonchev–Trinajstić information content (AvgIpc) is 2.72. The molecule has 0 saturated heterocycles. The molecular weight excluding hydrogens is 459 g/mol. The number of ketones is 1. The molecule has 0 radical (unpaired) electrons. The second-order valence-corrected chi connectivity index (χ2v) is 9.72. The number of rotatable bonds is 4. The number of alkyl halides is 3. The number of carbonyl (C=O) groups excluding carboxylic acids is 2. The molecular formula is C26H38F3N3O3. The quantitative estimate of drug-likeness (QED) is 0.502. The first-order valence-electron chi connectivity index (χ1n) is 11.1. The van der Waals surface area contributed by atoms with Gasteiger partial charge in [0.05, 0.1) is 12.8 Å². The third-order valence-electron chi connectivity index (χ3n) is 5.03. The lowest BCUT2D eigenvalue weighted by Crippen LogP contribution is -2.37. The molecule has 0 aromatic carbocycles. The standard InChI is InChI=1S/C12H17NO.C10H12F3N.C4H9NO2/c1-9(14)7-10-5-6-13-11(8-10)12(2,3)4;1-7-4-5-14-8(6-7)9(2,3)10(11,12)13;1-4(6)5(2)7-3/h5-6,8H,7H2,1-4H3;4-6H,1-3H3;1-3H3. The molecule has 0 aliphatic heterocycles. The van der Waals surface area contributed by atoms with Crippen molar-refractivity contribution in [2.75, 3.05) is 14.2 Å². The number of Topliss-reactive ketones (excluding diaryl/α,β-unsaturated/α-hetero) is 1. The summed E-state index contributed by atoms with van der Waals surface area (Å²) in [4.78, 5) is 33.7. The molecule has 0 aliphatic carbocycles. The van der Waals surface area contributed by atoms with Crippen molar-refractivity contribution in [3.8, 4) is 0 Å². The predicted octanol–water partition coefficient (Wildman–Crippen LogP) is 5.77. The molecule has 0 N–H and O–H groups in total. The lowest BCUT2D eigenvalue weighted by molar-refractivity contribution is -0.181. The number of hydroxylamine groups is 2. The summed E-state index contributed by atoms with van der Waals surface area (Å²) in [7, 11) is 3.00. The van der Waals surface area contributed by atoms with Gasteiger partial charge in [-0.1, -0.05) is 20.8 Å². The molecule has 0 aliphatic rings. The first-order valence-corrected chi connectivity index (χ1v) is 11.1. The van der Waals surface area contributed by atoms with Crippen LogP contribution in [0, 0.1) is 6.92 Å². The summed E-state index contributed by atoms with van der Waals surface area (Å²) in [5.41, 5.74) is 1.09. The van der Waals surface area contributed by atoms with E-state index in [1.807, 2.05) is 12.1 Å². The van der Waals surface area contributed by atoms with Crippen molar-refractivity contribution in [3.05, 3.63) is 59.2 Å². The van der Waals surface area contributed by atoms with Crippen LogP contribution in [0.1, 0.15) is 71.0 Å². The van der Waals surface area contributed by atoms with Crippen LogP contribution in [-0.2, 0) is 31.7 Å². The van der Waals surface area contributed by atoms with Gasteiger partial charge in [0.1, 0.15) is 11.2 Å². The number of amides is 1. The predicted molar refractivity (Wildman–Crippen MR) is 131 cm³/mol. The lowest BCUT2D eigenvalue weighted by Gasteiger charge is -2.27. The van der Waals surface area contributed by atoms with Crippen LogP contribution in [0.4, 0.5) is 13.2 Å². The average molecular weight is 498 g/mol. The number of aromatic nitrogens is 2. The number of aryl methyl sites for hydroxylation is 1. The number of halogens is 3. The van der Waals surface area contributed by atoms with Crippen molar-refractivity contribution in [2.24, 2.45) is 0 Å². The highest BCUT2D eigenvalue weighted by Crippen LogP contribution is 2.39. The topological polar surface area (TPSA) is 72.4 Å². The van der Waals surface area contributed by atoms with Gasteiger partial charge in [-0.15, -0.1) is 0 Å². The fourth-order valence-corrected chi connectivity index (χ4v) is 2.43. The van der Waals surface area contributed by atoms with Gasteiger partial charge >= 0.3 is 6.18 Å². The van der Waals surface area contributed by atoms with E-state index < -0.39 is 11.6 Å². The van der Waals surface area contributed by atoms with Gasteiger partial charge in [0, 0.05) is 43.9 Å². The summed E-state index contributed by atoms with van der Waals surface area (Å²) in [5, 5.41) is 1.15. The molecule has 0 fully saturated rings. The highest BCUT2D eigenvalue weighted by atomic mass is 19.4. The molecule has 196 valence electrons. The Kier molecular flexibility index (Phi) is 12.3. The molecule has 0 atom stereocenters. The largest absolute Gasteiger partial charge is 0.399 e. The highest BCUT2D eigenvalue weighted by Gasteiger charge is 2.49. The Hall–Kier alpha value is -2.81. The zero-order valence-corrected chi connectivity index (χ0v) is 22.4. The summed E-state index contributed by atoms with van der Waals surface area (Å²) in [6.45, 7) is 13.4. The van der Waals surface area contributed by atoms with Crippen LogP contribution in [0.15, 0.2) is 36.7 Å². The van der Waals surface area contributed by atoms with Crippen molar-refractivity contribution in [3.63, 3.8) is 0 Å². The van der Waals surface area contributed by atoms with Gasteiger partial charge in [0.15, 0.2) is 0 Å². The number of hydrogen-bond acceptors (Lipinski definition) is 5. The zero-order valence-electron chi connectivity index (χ0n) is 22.4. The Balaban J connectivity index is 0.000000526. The molecule has 2 aromatic rings. The van der Waals surface area contributed by atoms with E-state index in [0.717, 1.165) is 35.7 Å². The normalized spacial score (nSPS) is 11.5. The zero-order chi connectivity index (χ0) is 27.6. The van der Waals surface area contributed by atoms with Crippen LogP contribution < -0.4 is 0 Å². The van der Waals surface area contributed by atoms with Crippen LogP contribution in [-0.4, -0.2) is 47.1 Å². The van der Waals surface area contributed by atoms with E-state index in [-0.39, 0.29) is 22.8 Å². The van der Waals surface area contributed by atoms with Gasteiger partial charge in [-0.25, -0.2) is 5.06 Å². The first kappa shape index (κ1) is 32.2. The Bertz CT molecular complexity index is 968. The smallest absolute Gasteiger partial charge is 0.300 e. The van der Waals surface area contributed by atoms with Gasteiger partial charge in [-0.2, -0.15) is 13.2 Å². The maximum absolute atomic E-state index is 12.6. The van der Waals surface area contributed by atoms with E-state index in [2.05, 4.69) is 35.6 Å². The molecule has 0 unspecified atom stereocenters. The van der Waals surface area contributed by atoms with Crippen molar-refractivity contribution in [1.82, 2.24) is 15.0 Å². The molecule has 0 spiro atoms. The molecule has 6 nitrogen and oxygen atoms in total. The molecule has 2 rings (SSSR count). The van der Waals surface area contributed by atoms with E-state index in [4.69, 9.17) is 0 Å². The van der Waals surface area contributed by atoms with E-state index in [1.165, 1.54) is 26.3 Å². The number of pyridine rings is 2. The van der Waals surface area contributed by atoms with Crippen molar-refractivity contribution in [1.29, 1.82) is 0 Å². The van der Waals surface area contributed by atoms with Gasteiger partial charge in [-0.05, 0) is 63.1 Å². The van der Waals surface area contributed by atoms with Crippen LogP contribution in [0.3, 0.4) is 0 Å². The number of nitrogens with zero attached hydrogens (tertiary/aromatic N) is 3. The minimum atomic E-state index is -4.27. The highest BCUT2D eigenvalue weighted by molar-refractivity contribution is 5.78. The number of carbonyl (C=O) groups is 2. The molecule has 35 heavy (non-hydrogen) atoms. The Morgan fingerprint density at radius 2 is 1.46 bits per heavy atom. The second kappa shape index (κ2) is 13.3. The van der Waals surface area contributed by atoms with Crippen LogP contribution in [0.2, 0.25) is 0 Å². The van der Waals surface area contributed by atoms with E-state index in [1.54, 1.807) is 33.2 Å². The van der Waals surface area contributed by atoms with E-state index >= 15 is 0 Å². The first-order chi connectivity index (χ1) is 15.8. The molecule has 0 saturated carbocycles. The summed E-state index contributed by atoms with van der Waals surface area (Å²) >= 11 is 0. The summed E-state index contributed by atoms with van der Waals surface area (Å²) < 4.78 is 37.8. The molecule has 9 heteroatoms. The maximum atomic E-state index is 12.6. The second-order valence-electron chi connectivity index (χ2n) is 9.72. The lowest BCUT2D eigenvalue weighted by atomic mass is 9.87. The van der Waals surface area contributed by atoms with Crippen LogP contribution in [0.25, 0.3) is 0 Å². The third-order valence-corrected chi connectivity index (χ3v) is 5.03. The van der Waals surface area contributed by atoms with Gasteiger partial charge in [0.2, 0.25) is 5.91 Å².